The monoisotopic (exact) mass is 465 g/mol. The van der Waals surface area contributed by atoms with Crippen LogP contribution in [0.25, 0.3) is 5.57 Å². The normalized spacial score (nSPS) is 15.8. The maximum absolute atomic E-state index is 6.37. The molecule has 2 aromatic heterocycles. The van der Waals surface area contributed by atoms with Gasteiger partial charge in [0.15, 0.2) is 5.82 Å². The van der Waals surface area contributed by atoms with Gasteiger partial charge in [0.2, 0.25) is 5.95 Å². The minimum absolute atomic E-state index is 0.278. The highest BCUT2D eigenvalue weighted by Crippen LogP contribution is 2.38. The van der Waals surface area contributed by atoms with E-state index in [-0.39, 0.29) is 6.10 Å². The molecule has 0 spiro atoms. The lowest BCUT2D eigenvalue weighted by Gasteiger charge is -2.20. The highest BCUT2D eigenvalue weighted by molar-refractivity contribution is 6.32. The van der Waals surface area contributed by atoms with Gasteiger partial charge in [-0.3, -0.25) is 4.68 Å². The van der Waals surface area contributed by atoms with Gasteiger partial charge in [0, 0.05) is 19.8 Å². The molecule has 172 valence electrons. The van der Waals surface area contributed by atoms with Gasteiger partial charge in [0.05, 0.1) is 29.4 Å². The Morgan fingerprint density at radius 1 is 1.18 bits per heavy atom. The summed E-state index contributed by atoms with van der Waals surface area (Å²) in [5, 5.41) is 14.8. The topological polar surface area (TPSA) is 88.9 Å². The maximum Gasteiger partial charge on any atom is 0.229 e. The lowest BCUT2D eigenvalue weighted by Crippen LogP contribution is -2.20. The zero-order chi connectivity index (χ0) is 22.9. The molecule has 1 aromatic carbocycles. The van der Waals surface area contributed by atoms with Crippen molar-refractivity contribution in [2.45, 2.75) is 39.2 Å². The van der Waals surface area contributed by atoms with Crippen molar-refractivity contribution in [1.82, 2.24) is 25.1 Å². The van der Waals surface area contributed by atoms with Gasteiger partial charge in [-0.2, -0.15) is 10.1 Å². The van der Waals surface area contributed by atoms with Crippen molar-refractivity contribution in [1.29, 1.82) is 0 Å². The van der Waals surface area contributed by atoms with E-state index >= 15 is 0 Å². The summed E-state index contributed by atoms with van der Waals surface area (Å²) in [4.78, 5) is 9.00. The van der Waals surface area contributed by atoms with E-state index in [0.29, 0.717) is 16.8 Å². The second kappa shape index (κ2) is 9.03. The number of aromatic nitrogens is 4. The first-order valence-electron chi connectivity index (χ1n) is 11.2. The van der Waals surface area contributed by atoms with Gasteiger partial charge in [-0.25, -0.2) is 4.98 Å². The minimum atomic E-state index is 0.278. The average Bonchev–Trinajstić information content (AvgIpc) is 3.56. The number of aryl methyl sites for hydroxylation is 3. The fourth-order valence-electron chi connectivity index (χ4n) is 3.95. The molecule has 33 heavy (non-hydrogen) atoms. The van der Waals surface area contributed by atoms with Gasteiger partial charge < -0.3 is 20.7 Å². The molecule has 0 amide bonds. The van der Waals surface area contributed by atoms with E-state index in [9.17, 15) is 0 Å². The number of halogens is 1. The number of rotatable bonds is 7. The van der Waals surface area contributed by atoms with Gasteiger partial charge in [-0.1, -0.05) is 17.7 Å². The molecule has 0 unspecified atom stereocenters. The zero-order valence-corrected chi connectivity index (χ0v) is 19.8. The molecular formula is C24H28ClN7O. The Morgan fingerprint density at radius 3 is 2.73 bits per heavy atom. The molecule has 1 fully saturated rings. The summed E-state index contributed by atoms with van der Waals surface area (Å²) in [7, 11) is 1.88. The first-order chi connectivity index (χ1) is 16.0. The van der Waals surface area contributed by atoms with Crippen LogP contribution in [-0.4, -0.2) is 38.9 Å². The Morgan fingerprint density at radius 2 is 2.03 bits per heavy atom. The summed E-state index contributed by atoms with van der Waals surface area (Å²) >= 11 is 6.37. The largest absolute Gasteiger partial charge is 0.488 e. The molecule has 0 atom stereocenters. The first kappa shape index (κ1) is 21.7. The van der Waals surface area contributed by atoms with Crippen molar-refractivity contribution in [3.63, 3.8) is 0 Å². The summed E-state index contributed by atoms with van der Waals surface area (Å²) < 4.78 is 8.02. The molecule has 3 aromatic rings. The van der Waals surface area contributed by atoms with E-state index in [1.54, 1.807) is 10.9 Å². The van der Waals surface area contributed by atoms with Crippen molar-refractivity contribution in [3.8, 4) is 5.75 Å². The SMILES string of the molecule is Cc1cc(Nc2ncc(Cl)c(Nc3cn(C)nc3C)n2)c(OC2CC2)cc1C1=CCNCC1. The smallest absolute Gasteiger partial charge is 0.229 e. The Balaban J connectivity index is 1.45. The van der Waals surface area contributed by atoms with Crippen LogP contribution < -0.4 is 20.7 Å². The van der Waals surface area contributed by atoms with Crippen LogP contribution in [0.15, 0.2) is 30.6 Å². The van der Waals surface area contributed by atoms with Gasteiger partial charge in [-0.15, -0.1) is 0 Å². The van der Waals surface area contributed by atoms with Crippen LogP contribution in [0, 0.1) is 13.8 Å². The van der Waals surface area contributed by atoms with E-state index < -0.39 is 0 Å². The van der Waals surface area contributed by atoms with Gasteiger partial charge in [0.25, 0.3) is 0 Å². The molecule has 0 bridgehead atoms. The Bertz CT molecular complexity index is 1220. The number of nitrogens with one attached hydrogen (secondary N) is 3. The molecule has 0 radical (unpaired) electrons. The quantitative estimate of drug-likeness (QED) is 0.458. The molecular weight excluding hydrogens is 438 g/mol. The van der Waals surface area contributed by atoms with Crippen molar-refractivity contribution >= 4 is 40.3 Å². The molecule has 1 aliphatic heterocycles. The van der Waals surface area contributed by atoms with Crippen molar-refractivity contribution in [2.75, 3.05) is 23.7 Å². The number of hydrogen-bond acceptors (Lipinski definition) is 7. The Labute approximate surface area is 198 Å². The van der Waals surface area contributed by atoms with E-state index in [1.165, 1.54) is 16.7 Å². The molecule has 3 N–H and O–H groups in total. The first-order valence-corrected chi connectivity index (χ1v) is 11.6. The van der Waals surface area contributed by atoms with E-state index in [0.717, 1.165) is 55.2 Å². The third-order valence-electron chi connectivity index (χ3n) is 5.81. The lowest BCUT2D eigenvalue weighted by atomic mass is 9.95. The second-order valence-corrected chi connectivity index (χ2v) is 9.01. The third-order valence-corrected chi connectivity index (χ3v) is 6.09. The van der Waals surface area contributed by atoms with Crippen LogP contribution in [0.1, 0.15) is 36.1 Å². The predicted octanol–water partition coefficient (Wildman–Crippen LogP) is 4.89. The number of anilines is 4. The molecule has 1 saturated carbocycles. The van der Waals surface area contributed by atoms with Crippen LogP contribution in [0.2, 0.25) is 5.02 Å². The fourth-order valence-corrected chi connectivity index (χ4v) is 4.09. The summed E-state index contributed by atoms with van der Waals surface area (Å²) in [6.07, 6.45) is 9.21. The number of benzene rings is 1. The van der Waals surface area contributed by atoms with E-state index in [1.807, 2.05) is 20.2 Å². The standard InChI is InChI=1S/C24H28ClN7O/c1-14-10-20(22(33-17-4-5-17)11-18(14)16-6-8-26-9-7-16)29-24-27-12-19(25)23(30-24)28-21-13-32(3)31-15(21)2/h6,10-13,17,26H,4-5,7-9H2,1-3H3,(H2,27,28,29,30). The molecule has 8 nitrogen and oxygen atoms in total. The number of nitrogens with zero attached hydrogens (tertiary/aromatic N) is 4. The summed E-state index contributed by atoms with van der Waals surface area (Å²) in [5.74, 6) is 1.79. The van der Waals surface area contributed by atoms with Crippen LogP contribution in [-0.2, 0) is 7.05 Å². The zero-order valence-electron chi connectivity index (χ0n) is 19.1. The number of ether oxygens (including phenoxy) is 1. The Hall–Kier alpha value is -3.10. The van der Waals surface area contributed by atoms with Crippen LogP contribution >= 0.6 is 11.6 Å². The summed E-state index contributed by atoms with van der Waals surface area (Å²) in [5.41, 5.74) is 6.34. The molecule has 2 aliphatic rings. The van der Waals surface area contributed by atoms with Crippen molar-refractivity contribution in [3.05, 3.63) is 52.4 Å². The highest BCUT2D eigenvalue weighted by Gasteiger charge is 2.26. The average molecular weight is 466 g/mol. The fraction of sp³-hybridized carbons (Fsp3) is 0.375. The van der Waals surface area contributed by atoms with E-state index in [2.05, 4.69) is 56.1 Å². The van der Waals surface area contributed by atoms with Crippen molar-refractivity contribution < 1.29 is 4.74 Å². The molecule has 5 rings (SSSR count). The van der Waals surface area contributed by atoms with Crippen LogP contribution in [0.3, 0.4) is 0 Å². The van der Waals surface area contributed by atoms with Gasteiger partial charge >= 0.3 is 0 Å². The minimum Gasteiger partial charge on any atom is -0.488 e. The third kappa shape index (κ3) is 4.96. The summed E-state index contributed by atoms with van der Waals surface area (Å²) in [6, 6.07) is 4.27. The van der Waals surface area contributed by atoms with Gasteiger partial charge in [-0.05, 0) is 68.5 Å². The number of hydrogen-bond donors (Lipinski definition) is 3. The predicted molar refractivity (Wildman–Crippen MR) is 132 cm³/mol. The van der Waals surface area contributed by atoms with Crippen LogP contribution in [0.4, 0.5) is 23.1 Å². The second-order valence-electron chi connectivity index (χ2n) is 8.61. The van der Waals surface area contributed by atoms with Crippen LogP contribution in [0.5, 0.6) is 5.75 Å². The summed E-state index contributed by atoms with van der Waals surface area (Å²) in [6.45, 7) is 5.96. The lowest BCUT2D eigenvalue weighted by molar-refractivity contribution is 0.304. The molecule has 3 heterocycles. The highest BCUT2D eigenvalue weighted by atomic mass is 35.5. The molecule has 0 saturated heterocycles. The Kier molecular flexibility index (Phi) is 5.95. The molecule has 9 heteroatoms. The van der Waals surface area contributed by atoms with Gasteiger partial charge in [0.1, 0.15) is 10.8 Å². The molecule has 1 aliphatic carbocycles. The van der Waals surface area contributed by atoms with Crippen molar-refractivity contribution in [2.24, 2.45) is 7.05 Å². The van der Waals surface area contributed by atoms with E-state index in [4.69, 9.17) is 16.3 Å². The maximum atomic E-state index is 6.37.